The molecular formula is C21H21N5OS. The Morgan fingerprint density at radius 3 is 2.64 bits per heavy atom. The van der Waals surface area contributed by atoms with Crippen molar-refractivity contribution in [1.29, 1.82) is 5.41 Å². The van der Waals surface area contributed by atoms with Crippen LogP contribution in [0.1, 0.15) is 36.6 Å². The van der Waals surface area contributed by atoms with Gasteiger partial charge in [-0.05, 0) is 67.8 Å². The van der Waals surface area contributed by atoms with Gasteiger partial charge in [0.25, 0.3) is 5.91 Å². The Bertz CT molecular complexity index is 1060. The van der Waals surface area contributed by atoms with Crippen molar-refractivity contribution in [1.82, 2.24) is 9.58 Å². The van der Waals surface area contributed by atoms with Crippen molar-refractivity contribution in [2.24, 2.45) is 10.1 Å². The van der Waals surface area contributed by atoms with Gasteiger partial charge in [-0.2, -0.15) is 15.1 Å². The number of hydrogen-bond donors (Lipinski definition) is 1. The van der Waals surface area contributed by atoms with Gasteiger partial charge in [0.05, 0.1) is 11.3 Å². The Labute approximate surface area is 168 Å². The molecule has 1 N–H and O–H groups in total. The summed E-state index contributed by atoms with van der Waals surface area (Å²) >= 11 is 1.37. The number of nitrogens with one attached hydrogen (secondary N) is 1. The molecule has 3 heterocycles. The van der Waals surface area contributed by atoms with Crippen LogP contribution in [0.15, 0.2) is 52.2 Å². The first-order chi connectivity index (χ1) is 13.5. The average molecular weight is 392 g/mol. The fourth-order valence-electron chi connectivity index (χ4n) is 3.40. The van der Waals surface area contributed by atoms with Crippen molar-refractivity contribution in [3.8, 4) is 5.69 Å². The predicted molar refractivity (Wildman–Crippen MR) is 115 cm³/mol. The molecule has 6 nitrogen and oxygen atoms in total. The van der Waals surface area contributed by atoms with Gasteiger partial charge in [0, 0.05) is 11.9 Å². The number of amidine groups is 2. The number of aromatic nitrogens is 1. The SMILES string of the molecule is CCCC1=NN2C(=N)/C(=C/c3cccn3-c3c(C)cccc3C)C(=O)N=C2S1. The summed E-state index contributed by atoms with van der Waals surface area (Å²) in [6.45, 7) is 6.20. The zero-order chi connectivity index (χ0) is 19.8. The second-order valence-electron chi connectivity index (χ2n) is 6.81. The lowest BCUT2D eigenvalue weighted by Crippen LogP contribution is -2.35. The van der Waals surface area contributed by atoms with Crippen LogP contribution in [0, 0.1) is 19.3 Å². The highest BCUT2D eigenvalue weighted by Crippen LogP contribution is 2.30. The number of amides is 1. The summed E-state index contributed by atoms with van der Waals surface area (Å²) < 4.78 is 2.04. The van der Waals surface area contributed by atoms with E-state index in [1.807, 2.05) is 29.0 Å². The van der Waals surface area contributed by atoms with Gasteiger partial charge >= 0.3 is 0 Å². The molecule has 4 rings (SSSR count). The summed E-state index contributed by atoms with van der Waals surface area (Å²) in [6, 6.07) is 10.0. The van der Waals surface area contributed by atoms with E-state index < -0.39 is 5.91 Å². The van der Waals surface area contributed by atoms with Crippen LogP contribution in [0.2, 0.25) is 0 Å². The first kappa shape index (κ1) is 18.4. The van der Waals surface area contributed by atoms with E-state index in [1.165, 1.54) is 16.8 Å². The van der Waals surface area contributed by atoms with E-state index in [1.54, 1.807) is 6.08 Å². The van der Waals surface area contributed by atoms with Crippen molar-refractivity contribution >= 4 is 39.8 Å². The minimum Gasteiger partial charge on any atom is -0.317 e. The number of fused-ring (bicyclic) bond motifs is 1. The van der Waals surface area contributed by atoms with Crippen LogP contribution in [0.25, 0.3) is 11.8 Å². The maximum atomic E-state index is 12.6. The zero-order valence-electron chi connectivity index (χ0n) is 16.1. The predicted octanol–water partition coefficient (Wildman–Crippen LogP) is 4.51. The number of benzene rings is 1. The molecule has 28 heavy (non-hydrogen) atoms. The normalized spacial score (nSPS) is 17.8. The molecule has 0 unspecified atom stereocenters. The Morgan fingerprint density at radius 2 is 1.93 bits per heavy atom. The lowest BCUT2D eigenvalue weighted by molar-refractivity contribution is -0.114. The number of aliphatic imine (C=N–C) groups is 1. The number of hydrazone groups is 1. The summed E-state index contributed by atoms with van der Waals surface area (Å²) in [5.74, 6) is -0.325. The van der Waals surface area contributed by atoms with Gasteiger partial charge in [0.2, 0.25) is 5.17 Å². The van der Waals surface area contributed by atoms with Crippen molar-refractivity contribution < 1.29 is 4.79 Å². The number of nitrogens with zero attached hydrogens (tertiary/aromatic N) is 4. The van der Waals surface area contributed by atoms with E-state index in [0.717, 1.165) is 40.4 Å². The molecule has 2 aliphatic heterocycles. The van der Waals surface area contributed by atoms with Gasteiger partial charge in [-0.3, -0.25) is 10.2 Å². The summed E-state index contributed by atoms with van der Waals surface area (Å²) in [5, 5.41) is 15.8. The second kappa shape index (κ2) is 7.24. The molecule has 7 heteroatoms. The van der Waals surface area contributed by atoms with Gasteiger partial charge in [0.1, 0.15) is 5.04 Å². The number of rotatable bonds is 4. The third-order valence-corrected chi connectivity index (χ3v) is 5.68. The highest BCUT2D eigenvalue weighted by molar-refractivity contribution is 8.26. The van der Waals surface area contributed by atoms with E-state index in [-0.39, 0.29) is 11.4 Å². The lowest BCUT2D eigenvalue weighted by Gasteiger charge is -2.20. The zero-order valence-corrected chi connectivity index (χ0v) is 16.9. The summed E-state index contributed by atoms with van der Waals surface area (Å²) in [5.41, 5.74) is 4.45. The third-order valence-electron chi connectivity index (χ3n) is 4.71. The van der Waals surface area contributed by atoms with Crippen LogP contribution in [0.4, 0.5) is 0 Å². The molecule has 2 aromatic rings. The van der Waals surface area contributed by atoms with E-state index in [2.05, 4.69) is 43.0 Å². The number of para-hydroxylation sites is 1. The van der Waals surface area contributed by atoms with Crippen LogP contribution < -0.4 is 0 Å². The fourth-order valence-corrected chi connectivity index (χ4v) is 4.38. The van der Waals surface area contributed by atoms with Crippen LogP contribution in [0.5, 0.6) is 0 Å². The maximum Gasteiger partial charge on any atom is 0.283 e. The smallest absolute Gasteiger partial charge is 0.283 e. The van der Waals surface area contributed by atoms with Gasteiger partial charge in [0.15, 0.2) is 5.84 Å². The molecule has 0 fully saturated rings. The number of thioether (sulfide) groups is 1. The highest BCUT2D eigenvalue weighted by Gasteiger charge is 2.35. The summed E-state index contributed by atoms with van der Waals surface area (Å²) in [4.78, 5) is 16.8. The van der Waals surface area contributed by atoms with Gasteiger partial charge in [-0.25, -0.2) is 0 Å². The number of aryl methyl sites for hydroxylation is 2. The van der Waals surface area contributed by atoms with Gasteiger partial charge < -0.3 is 4.57 Å². The molecule has 0 spiro atoms. The monoisotopic (exact) mass is 391 g/mol. The van der Waals surface area contributed by atoms with Crippen LogP contribution in [0.3, 0.4) is 0 Å². The van der Waals surface area contributed by atoms with Gasteiger partial charge in [-0.1, -0.05) is 25.1 Å². The van der Waals surface area contributed by atoms with E-state index in [0.29, 0.717) is 5.17 Å². The molecule has 1 aromatic carbocycles. The molecule has 0 aliphatic carbocycles. The molecule has 0 saturated carbocycles. The Morgan fingerprint density at radius 1 is 1.18 bits per heavy atom. The molecule has 1 aromatic heterocycles. The standard InChI is InChI=1S/C21H21N5OS/c1-4-7-17-24-26-19(22)16(20(27)23-21(26)28-17)12-15-10-6-11-25(15)18-13(2)8-5-9-14(18)3/h5-6,8-12,22H,4,7H2,1-3H3/b16-12-,22-19?. The number of hydrogen-bond acceptors (Lipinski definition) is 4. The number of carbonyl (C=O) groups is 1. The van der Waals surface area contributed by atoms with E-state index >= 15 is 0 Å². The number of carbonyl (C=O) groups excluding carboxylic acids is 1. The Kier molecular flexibility index (Phi) is 4.77. The molecule has 142 valence electrons. The Hall–Kier alpha value is -2.93. The molecule has 2 aliphatic rings. The topological polar surface area (TPSA) is 73.8 Å². The highest BCUT2D eigenvalue weighted by atomic mass is 32.2. The van der Waals surface area contributed by atoms with Gasteiger partial charge in [-0.15, -0.1) is 0 Å². The van der Waals surface area contributed by atoms with Crippen molar-refractivity contribution in [3.63, 3.8) is 0 Å². The third kappa shape index (κ3) is 3.11. The minimum atomic E-state index is -0.397. The first-order valence-electron chi connectivity index (χ1n) is 9.22. The van der Waals surface area contributed by atoms with E-state index in [9.17, 15) is 4.79 Å². The maximum absolute atomic E-state index is 12.6. The van der Waals surface area contributed by atoms with Crippen molar-refractivity contribution in [2.75, 3.05) is 0 Å². The quantitative estimate of drug-likeness (QED) is 0.779. The molecule has 0 bridgehead atoms. The lowest BCUT2D eigenvalue weighted by atomic mass is 10.1. The fraction of sp³-hybridized carbons (Fsp3) is 0.238. The Balaban J connectivity index is 1.75. The largest absolute Gasteiger partial charge is 0.317 e. The average Bonchev–Trinajstić information content (AvgIpc) is 3.26. The first-order valence-corrected chi connectivity index (χ1v) is 10.0. The van der Waals surface area contributed by atoms with Crippen LogP contribution >= 0.6 is 11.8 Å². The molecule has 0 atom stereocenters. The second-order valence-corrected chi connectivity index (χ2v) is 7.85. The van der Waals surface area contributed by atoms with E-state index in [4.69, 9.17) is 5.41 Å². The van der Waals surface area contributed by atoms with Crippen LogP contribution in [-0.2, 0) is 4.79 Å². The molecule has 0 saturated heterocycles. The summed E-state index contributed by atoms with van der Waals surface area (Å²) in [6.07, 6.45) is 5.47. The van der Waals surface area contributed by atoms with Crippen LogP contribution in [-0.4, -0.2) is 31.5 Å². The molecular weight excluding hydrogens is 370 g/mol. The molecule has 0 radical (unpaired) electrons. The summed E-state index contributed by atoms with van der Waals surface area (Å²) in [7, 11) is 0. The minimum absolute atomic E-state index is 0.0721. The van der Waals surface area contributed by atoms with Crippen molar-refractivity contribution in [2.45, 2.75) is 33.6 Å². The molecule has 1 amide bonds. The van der Waals surface area contributed by atoms with Crippen molar-refractivity contribution in [3.05, 3.63) is 58.9 Å².